The number of Topliss-reactive ketones (excluding diaryl/α,β-unsaturated/α-hetero) is 1. The first kappa shape index (κ1) is 10.1. The van der Waals surface area contributed by atoms with Gasteiger partial charge in [-0.05, 0) is 6.42 Å². The van der Waals surface area contributed by atoms with Crippen LogP contribution < -0.4 is 5.14 Å². The Bertz CT molecular complexity index is 354. The van der Waals surface area contributed by atoms with E-state index in [1.54, 1.807) is 0 Å². The Hall–Kier alpha value is -0.460. The average molecular weight is 219 g/mol. The Morgan fingerprint density at radius 1 is 1.50 bits per heavy atom. The quantitative estimate of drug-likeness (QED) is 0.672. The van der Waals surface area contributed by atoms with Crippen molar-refractivity contribution in [2.24, 2.45) is 10.6 Å². The van der Waals surface area contributed by atoms with Gasteiger partial charge in [0.1, 0.15) is 5.78 Å². The summed E-state index contributed by atoms with van der Waals surface area (Å²) >= 11 is 0. The van der Waals surface area contributed by atoms with E-state index in [9.17, 15) is 13.2 Å². The largest absolute Gasteiger partial charge is 0.376 e. The van der Waals surface area contributed by atoms with Crippen LogP contribution in [0.5, 0.6) is 0 Å². The summed E-state index contributed by atoms with van der Waals surface area (Å²) < 4.78 is 26.9. The zero-order valence-electron chi connectivity index (χ0n) is 7.73. The lowest BCUT2D eigenvalue weighted by Crippen LogP contribution is -2.38. The van der Waals surface area contributed by atoms with Gasteiger partial charge in [-0.1, -0.05) is 0 Å². The van der Waals surface area contributed by atoms with Gasteiger partial charge < -0.3 is 4.74 Å². The van der Waals surface area contributed by atoms with Crippen LogP contribution in [0.15, 0.2) is 0 Å². The van der Waals surface area contributed by atoms with Gasteiger partial charge >= 0.3 is 0 Å². The summed E-state index contributed by atoms with van der Waals surface area (Å²) in [7, 11) is -3.47. The summed E-state index contributed by atoms with van der Waals surface area (Å²) in [5.74, 6) is 0.105. The maximum atomic E-state index is 10.9. The van der Waals surface area contributed by atoms with Gasteiger partial charge in [-0.25, -0.2) is 13.6 Å². The number of hydrogen-bond donors (Lipinski definition) is 1. The lowest BCUT2D eigenvalue weighted by molar-refractivity contribution is -0.132. The van der Waals surface area contributed by atoms with Crippen LogP contribution in [0.4, 0.5) is 0 Å². The zero-order valence-corrected chi connectivity index (χ0v) is 8.55. The topological polar surface area (TPSA) is 86.5 Å². The standard InChI is InChI=1S/C8H13NO4S/c9-14(11,12)4-7-3-8(5-13-7)1-6(10)2-8/h7H,1-5H2,(H2,9,11,12). The molecule has 1 saturated heterocycles. The van der Waals surface area contributed by atoms with Gasteiger partial charge in [0.2, 0.25) is 10.0 Å². The summed E-state index contributed by atoms with van der Waals surface area (Å²) in [5.41, 5.74) is -0.0631. The number of ether oxygens (including phenoxy) is 1. The SMILES string of the molecule is NS(=O)(=O)CC1CC2(CO1)CC(=O)C2. The van der Waals surface area contributed by atoms with Crippen molar-refractivity contribution in [3.63, 3.8) is 0 Å². The number of rotatable bonds is 2. The fourth-order valence-corrected chi connectivity index (χ4v) is 3.03. The summed E-state index contributed by atoms with van der Waals surface area (Å²) in [5, 5.41) is 4.92. The minimum Gasteiger partial charge on any atom is -0.376 e. The molecular weight excluding hydrogens is 206 g/mol. The normalized spacial score (nSPS) is 30.6. The molecule has 1 unspecified atom stereocenters. The van der Waals surface area contributed by atoms with Crippen LogP contribution in [0.25, 0.3) is 0 Å². The number of carbonyl (C=O) groups is 1. The van der Waals surface area contributed by atoms with E-state index in [4.69, 9.17) is 9.88 Å². The highest BCUT2D eigenvalue weighted by atomic mass is 32.2. The average Bonchev–Trinajstić information content (AvgIpc) is 2.27. The van der Waals surface area contributed by atoms with E-state index in [1.165, 1.54) is 0 Å². The van der Waals surface area contributed by atoms with Crippen LogP contribution in [-0.4, -0.2) is 32.7 Å². The molecule has 14 heavy (non-hydrogen) atoms. The van der Waals surface area contributed by atoms with Crippen LogP contribution in [0, 0.1) is 5.41 Å². The molecule has 1 aliphatic carbocycles. The molecule has 1 aliphatic heterocycles. The Balaban J connectivity index is 1.93. The molecule has 0 aromatic heterocycles. The molecule has 2 fully saturated rings. The second-order valence-corrected chi connectivity index (χ2v) is 6.02. The first-order chi connectivity index (χ1) is 6.39. The summed E-state index contributed by atoms with van der Waals surface area (Å²) in [6, 6.07) is 0. The summed E-state index contributed by atoms with van der Waals surface area (Å²) in [6.45, 7) is 0.499. The third-order valence-corrected chi connectivity index (χ3v) is 3.68. The highest BCUT2D eigenvalue weighted by Crippen LogP contribution is 2.47. The van der Waals surface area contributed by atoms with Crippen molar-refractivity contribution in [2.45, 2.75) is 25.4 Å². The molecular formula is C8H13NO4S. The van der Waals surface area contributed by atoms with Crippen molar-refractivity contribution in [3.05, 3.63) is 0 Å². The number of ketones is 1. The Labute approximate surface area is 82.7 Å². The molecule has 2 rings (SSSR count). The smallest absolute Gasteiger partial charge is 0.211 e. The van der Waals surface area contributed by atoms with Gasteiger partial charge in [-0.15, -0.1) is 0 Å². The van der Waals surface area contributed by atoms with Crippen molar-refractivity contribution < 1.29 is 17.9 Å². The van der Waals surface area contributed by atoms with Crippen LogP contribution in [0.2, 0.25) is 0 Å². The minimum absolute atomic E-state index is 0.0631. The molecule has 1 saturated carbocycles. The Morgan fingerprint density at radius 3 is 2.64 bits per heavy atom. The van der Waals surface area contributed by atoms with Gasteiger partial charge in [0.05, 0.1) is 18.5 Å². The van der Waals surface area contributed by atoms with Crippen molar-refractivity contribution >= 4 is 15.8 Å². The van der Waals surface area contributed by atoms with Crippen LogP contribution in [0.1, 0.15) is 19.3 Å². The van der Waals surface area contributed by atoms with E-state index in [-0.39, 0.29) is 23.1 Å². The predicted molar refractivity (Wildman–Crippen MR) is 49.0 cm³/mol. The van der Waals surface area contributed by atoms with Crippen LogP contribution >= 0.6 is 0 Å². The van der Waals surface area contributed by atoms with Crippen molar-refractivity contribution in [1.29, 1.82) is 0 Å². The molecule has 2 N–H and O–H groups in total. The van der Waals surface area contributed by atoms with Gasteiger partial charge in [-0.2, -0.15) is 0 Å². The third kappa shape index (κ3) is 1.97. The van der Waals surface area contributed by atoms with Gasteiger partial charge in [-0.3, -0.25) is 4.79 Å². The fourth-order valence-electron chi connectivity index (χ4n) is 2.29. The number of nitrogens with two attached hydrogens (primary N) is 1. The van der Waals surface area contributed by atoms with E-state index in [0.717, 1.165) is 0 Å². The monoisotopic (exact) mass is 219 g/mol. The van der Waals surface area contributed by atoms with Gasteiger partial charge in [0, 0.05) is 18.3 Å². The summed E-state index contributed by atoms with van der Waals surface area (Å²) in [4.78, 5) is 10.9. The van der Waals surface area contributed by atoms with E-state index >= 15 is 0 Å². The fraction of sp³-hybridized carbons (Fsp3) is 0.875. The second kappa shape index (κ2) is 3.01. The molecule has 1 heterocycles. The third-order valence-electron chi connectivity index (χ3n) is 2.85. The number of primary sulfonamides is 1. The molecule has 1 atom stereocenters. The van der Waals surface area contributed by atoms with Crippen molar-refractivity contribution in [1.82, 2.24) is 0 Å². The predicted octanol–water partition coefficient (Wildman–Crippen LogP) is -0.587. The van der Waals surface area contributed by atoms with Crippen LogP contribution in [0.3, 0.4) is 0 Å². The number of carbonyl (C=O) groups excluding carboxylic acids is 1. The molecule has 6 heteroatoms. The molecule has 1 spiro atoms. The maximum absolute atomic E-state index is 10.9. The molecule has 0 aromatic carbocycles. The first-order valence-corrected chi connectivity index (χ1v) is 6.24. The van der Waals surface area contributed by atoms with Gasteiger partial charge in [0.15, 0.2) is 0 Å². The number of sulfonamides is 1. The molecule has 0 radical (unpaired) electrons. The van der Waals surface area contributed by atoms with Gasteiger partial charge in [0.25, 0.3) is 0 Å². The molecule has 0 bridgehead atoms. The Morgan fingerprint density at radius 2 is 2.14 bits per heavy atom. The zero-order chi connectivity index (χ0) is 10.4. The molecule has 0 amide bonds. The second-order valence-electron chi connectivity index (χ2n) is 4.36. The lowest BCUT2D eigenvalue weighted by atomic mass is 9.67. The summed E-state index contributed by atoms with van der Waals surface area (Å²) in [6.07, 6.45) is 1.40. The molecule has 5 nitrogen and oxygen atoms in total. The first-order valence-electron chi connectivity index (χ1n) is 4.52. The molecule has 80 valence electrons. The van der Waals surface area contributed by atoms with Crippen LogP contribution in [-0.2, 0) is 19.6 Å². The maximum Gasteiger partial charge on any atom is 0.211 e. The molecule has 2 aliphatic rings. The number of hydrogen-bond acceptors (Lipinski definition) is 4. The van der Waals surface area contributed by atoms with Crippen molar-refractivity contribution in [2.75, 3.05) is 12.4 Å². The highest BCUT2D eigenvalue weighted by Gasteiger charge is 2.49. The highest BCUT2D eigenvalue weighted by molar-refractivity contribution is 7.89. The Kier molecular flexibility index (Phi) is 2.17. The lowest BCUT2D eigenvalue weighted by Gasteiger charge is -2.34. The van der Waals surface area contributed by atoms with E-state index in [2.05, 4.69) is 0 Å². The van der Waals surface area contributed by atoms with Crippen molar-refractivity contribution in [3.8, 4) is 0 Å². The van der Waals surface area contributed by atoms with E-state index in [1.807, 2.05) is 0 Å². The van der Waals surface area contributed by atoms with E-state index < -0.39 is 10.0 Å². The molecule has 0 aromatic rings. The minimum atomic E-state index is -3.47. The van der Waals surface area contributed by atoms with E-state index in [0.29, 0.717) is 25.9 Å².